The Kier molecular flexibility index (Phi) is 7.35. The maximum absolute atomic E-state index is 12.9. The van der Waals surface area contributed by atoms with Crippen molar-refractivity contribution < 1.29 is 29.0 Å². The van der Waals surface area contributed by atoms with Crippen LogP contribution < -0.4 is 5.48 Å². The van der Waals surface area contributed by atoms with Gasteiger partial charge in [0, 0.05) is 63.7 Å². The minimum absolute atomic E-state index is 0.0701. The zero-order chi connectivity index (χ0) is 26.6. The highest BCUT2D eigenvalue weighted by Gasteiger charge is 2.45. The molecule has 2 fully saturated rings. The van der Waals surface area contributed by atoms with Gasteiger partial charge in [-0.25, -0.2) is 23.5 Å². The molecule has 0 spiro atoms. The Morgan fingerprint density at radius 3 is 2.83 bits per heavy atom. The average Bonchev–Trinajstić information content (AvgIpc) is 3.37. The van der Waals surface area contributed by atoms with Gasteiger partial charge in [0.1, 0.15) is 0 Å². The van der Waals surface area contributed by atoms with Crippen LogP contribution in [0.5, 0.6) is 0 Å². The third-order valence-electron chi connectivity index (χ3n) is 6.81. The Bertz CT molecular complexity index is 1260. The van der Waals surface area contributed by atoms with Gasteiger partial charge in [-0.3, -0.25) is 9.36 Å². The van der Waals surface area contributed by atoms with Gasteiger partial charge in [-0.1, -0.05) is 11.8 Å². The molecule has 1 aromatic rings. The molecule has 2 amide bonds. The number of aromatic nitrogens is 1. The van der Waals surface area contributed by atoms with Gasteiger partial charge in [0.25, 0.3) is 5.91 Å². The molecule has 1 N–H and O–H groups in total. The van der Waals surface area contributed by atoms with E-state index in [9.17, 15) is 18.0 Å². The lowest BCUT2D eigenvalue weighted by Gasteiger charge is -2.32. The summed E-state index contributed by atoms with van der Waals surface area (Å²) in [6.07, 6.45) is 4.37. The van der Waals surface area contributed by atoms with E-state index in [4.69, 9.17) is 10.9 Å². The van der Waals surface area contributed by atoms with Crippen molar-refractivity contribution in [3.05, 3.63) is 23.5 Å². The third kappa shape index (κ3) is 5.76. The lowest BCUT2D eigenvalue weighted by atomic mass is 10.0. The Hall–Kier alpha value is -2.83. The van der Waals surface area contributed by atoms with E-state index in [1.54, 1.807) is 12.3 Å². The van der Waals surface area contributed by atoms with Crippen LogP contribution in [0.15, 0.2) is 12.3 Å². The van der Waals surface area contributed by atoms with Crippen LogP contribution in [0.3, 0.4) is 0 Å². The van der Waals surface area contributed by atoms with Crippen molar-refractivity contribution in [2.45, 2.75) is 50.2 Å². The van der Waals surface area contributed by atoms with Gasteiger partial charge in [0.05, 0.1) is 6.54 Å². The highest BCUT2D eigenvalue weighted by atomic mass is 32.2. The second-order valence-electron chi connectivity index (χ2n) is 9.64. The molecule has 0 aliphatic carbocycles. The largest absolute Gasteiger partial charge is 0.350 e. The molecule has 10 nitrogen and oxygen atoms in total. The SMILES string of the molecule is [2H]CN1CC(C#CC#Cc2cc3n(c2)C(=O)N(CCC(C)(C(=O)NOC2CCCCO2)S(C)(=O)=O)C3)C1. The van der Waals surface area contributed by atoms with Crippen molar-refractivity contribution in [3.63, 3.8) is 0 Å². The zero-order valence-electron chi connectivity index (χ0n) is 21.6. The molecule has 3 aliphatic rings. The molecule has 0 saturated carbocycles. The normalized spacial score (nSPS) is 22.3. The van der Waals surface area contributed by atoms with Crippen molar-refractivity contribution in [1.82, 2.24) is 19.8 Å². The van der Waals surface area contributed by atoms with Crippen molar-refractivity contribution in [2.24, 2.45) is 5.92 Å². The summed E-state index contributed by atoms with van der Waals surface area (Å²) in [5.74, 6) is 11.1. The molecule has 2 atom stereocenters. The van der Waals surface area contributed by atoms with Crippen LogP contribution >= 0.6 is 0 Å². The first kappa shape index (κ1) is 24.8. The summed E-state index contributed by atoms with van der Waals surface area (Å²) in [7, 11) is -3.54. The number of sulfone groups is 1. The predicted octanol–water partition coefficient (Wildman–Crippen LogP) is 0.956. The minimum atomic E-state index is -3.83. The van der Waals surface area contributed by atoms with Crippen molar-refractivity contribution in [2.75, 3.05) is 39.5 Å². The fourth-order valence-electron chi connectivity index (χ4n) is 4.22. The van der Waals surface area contributed by atoms with E-state index in [2.05, 4.69) is 29.2 Å². The standard InChI is InChI=1S/C25H32N4O6S/c1-25(36(3,32)33,23(30)26-35-22-10-6-7-13-34-22)11-12-28-18-21-14-19(17-29(21)24(28)31)8-4-5-9-20-15-27(2)16-20/h14,17,20,22H,6-7,10-13,15-16,18H2,1-3H3,(H,26,30)/i2D. The molecule has 11 heteroatoms. The van der Waals surface area contributed by atoms with Crippen LogP contribution in [0.25, 0.3) is 0 Å². The van der Waals surface area contributed by atoms with E-state index in [0.717, 1.165) is 37.9 Å². The van der Waals surface area contributed by atoms with Crippen LogP contribution in [0.4, 0.5) is 4.79 Å². The molecular formula is C25H32N4O6S. The smallest absolute Gasteiger partial charge is 0.328 e. The lowest BCUT2D eigenvalue weighted by molar-refractivity contribution is -0.201. The number of rotatable bonds is 7. The fourth-order valence-corrected chi connectivity index (χ4v) is 5.06. The van der Waals surface area contributed by atoms with Crippen molar-refractivity contribution >= 4 is 21.8 Å². The topological polar surface area (TPSA) is 110 Å². The predicted molar refractivity (Wildman–Crippen MR) is 132 cm³/mol. The zero-order valence-corrected chi connectivity index (χ0v) is 21.4. The summed E-state index contributed by atoms with van der Waals surface area (Å²) >= 11 is 0. The third-order valence-corrected chi connectivity index (χ3v) is 8.84. The van der Waals surface area contributed by atoms with Crippen LogP contribution in [-0.2, 0) is 30.8 Å². The molecule has 0 aromatic carbocycles. The summed E-state index contributed by atoms with van der Waals surface area (Å²) in [6.45, 7) is 3.81. The quantitative estimate of drug-likeness (QED) is 0.424. The number of likely N-dealkylation sites (tertiary alicyclic amines) is 1. The molecule has 2 saturated heterocycles. The molecular weight excluding hydrogens is 484 g/mol. The first-order valence-electron chi connectivity index (χ1n) is 12.6. The van der Waals surface area contributed by atoms with E-state index in [-0.39, 0.29) is 38.5 Å². The van der Waals surface area contributed by atoms with E-state index >= 15 is 0 Å². The average molecular weight is 518 g/mol. The van der Waals surface area contributed by atoms with Gasteiger partial charge >= 0.3 is 6.03 Å². The lowest BCUT2D eigenvalue weighted by Crippen LogP contribution is -2.52. The Balaban J connectivity index is 1.33. The van der Waals surface area contributed by atoms with Gasteiger partial charge < -0.3 is 14.5 Å². The number of fused-ring (bicyclic) bond motifs is 1. The molecule has 2 unspecified atom stereocenters. The molecule has 0 radical (unpaired) electrons. The van der Waals surface area contributed by atoms with Gasteiger partial charge in [-0.2, -0.15) is 0 Å². The van der Waals surface area contributed by atoms with Crippen molar-refractivity contribution in [3.8, 4) is 23.7 Å². The van der Waals surface area contributed by atoms with Crippen LogP contribution in [0.1, 0.15) is 45.2 Å². The Morgan fingerprint density at radius 1 is 1.36 bits per heavy atom. The number of nitrogens with one attached hydrogen (secondary N) is 1. The van der Waals surface area contributed by atoms with E-state index in [1.165, 1.54) is 16.4 Å². The Morgan fingerprint density at radius 2 is 2.17 bits per heavy atom. The monoisotopic (exact) mass is 517 g/mol. The summed E-state index contributed by atoms with van der Waals surface area (Å²) in [6, 6.07) is 1.50. The molecule has 4 rings (SSSR count). The molecule has 36 heavy (non-hydrogen) atoms. The summed E-state index contributed by atoms with van der Waals surface area (Å²) < 4.78 is 37.5. The minimum Gasteiger partial charge on any atom is -0.350 e. The number of hydrogen-bond donors (Lipinski definition) is 1. The number of carbonyl (C=O) groups excluding carboxylic acids is 2. The molecule has 0 bridgehead atoms. The van der Waals surface area contributed by atoms with E-state index in [1.807, 2.05) is 4.90 Å². The number of hydrogen-bond acceptors (Lipinski definition) is 7. The van der Waals surface area contributed by atoms with Gasteiger partial charge in [-0.05, 0) is 51.1 Å². The maximum Gasteiger partial charge on any atom is 0.328 e. The maximum atomic E-state index is 12.9. The number of ether oxygens (including phenoxy) is 1. The first-order chi connectivity index (χ1) is 17.6. The number of amides is 2. The molecule has 4 heterocycles. The first-order valence-corrected chi connectivity index (χ1v) is 13.8. The summed E-state index contributed by atoms with van der Waals surface area (Å²) in [4.78, 5) is 34.5. The van der Waals surface area contributed by atoms with E-state index < -0.39 is 26.8 Å². The number of nitrogens with zero attached hydrogens (tertiary/aromatic N) is 3. The van der Waals surface area contributed by atoms with Crippen molar-refractivity contribution in [1.29, 1.82) is 0 Å². The molecule has 3 aliphatic heterocycles. The highest BCUT2D eigenvalue weighted by molar-refractivity contribution is 7.92. The summed E-state index contributed by atoms with van der Waals surface area (Å²) in [5, 5.41) is 0. The van der Waals surface area contributed by atoms with Gasteiger partial charge in [-0.15, -0.1) is 0 Å². The molecule has 194 valence electrons. The van der Waals surface area contributed by atoms with E-state index in [0.29, 0.717) is 18.6 Å². The van der Waals surface area contributed by atoms with Crippen LogP contribution in [0.2, 0.25) is 0 Å². The fraction of sp³-hybridized carbons (Fsp3) is 0.600. The highest BCUT2D eigenvalue weighted by Crippen LogP contribution is 2.26. The number of carbonyl (C=O) groups is 2. The van der Waals surface area contributed by atoms with Crippen LogP contribution in [0, 0.1) is 29.6 Å². The van der Waals surface area contributed by atoms with Gasteiger partial charge in [0.15, 0.2) is 20.9 Å². The number of hydroxylamine groups is 1. The summed E-state index contributed by atoms with van der Waals surface area (Å²) in [5.41, 5.74) is 3.66. The molecule has 1 aromatic heterocycles. The van der Waals surface area contributed by atoms with Crippen LogP contribution in [-0.4, -0.2) is 85.3 Å². The second kappa shape index (κ2) is 10.7. The second-order valence-corrected chi connectivity index (χ2v) is 12.1. The van der Waals surface area contributed by atoms with Gasteiger partial charge in [0.2, 0.25) is 0 Å². The Labute approximate surface area is 213 Å².